The average molecular weight is 247 g/mol. The molecular weight excluding hydrogens is 230 g/mol. The summed E-state index contributed by atoms with van der Waals surface area (Å²) in [5, 5.41) is 8.26. The van der Waals surface area contributed by atoms with Crippen LogP contribution in [-0.2, 0) is 20.6 Å². The molecule has 0 aliphatic rings. The molecule has 0 aromatic carbocycles. The highest BCUT2D eigenvalue weighted by Gasteiger charge is 2.16. The van der Waals surface area contributed by atoms with Crippen LogP contribution in [0.4, 0.5) is 0 Å². The van der Waals surface area contributed by atoms with Crippen molar-refractivity contribution in [3.8, 4) is 0 Å². The van der Waals surface area contributed by atoms with Crippen molar-refractivity contribution in [2.24, 2.45) is 14.1 Å². The fourth-order valence-electron chi connectivity index (χ4n) is 1.73. The lowest BCUT2D eigenvalue weighted by Gasteiger charge is -2.15. The molecule has 2 aromatic rings. The number of amides is 1. The Hall–Kier alpha value is -2.11. The van der Waals surface area contributed by atoms with Gasteiger partial charge in [0.05, 0.1) is 12.2 Å². The Balaban J connectivity index is 2.12. The maximum atomic E-state index is 12.2. The van der Waals surface area contributed by atoms with Crippen LogP contribution in [0.3, 0.4) is 0 Å². The van der Waals surface area contributed by atoms with Gasteiger partial charge < -0.3 is 4.90 Å². The first kappa shape index (κ1) is 12.3. The van der Waals surface area contributed by atoms with E-state index >= 15 is 0 Å². The molecule has 0 spiro atoms. The summed E-state index contributed by atoms with van der Waals surface area (Å²) < 4.78 is 3.46. The van der Waals surface area contributed by atoms with Crippen molar-refractivity contribution in [2.75, 3.05) is 7.05 Å². The molecule has 2 rings (SSSR count). The zero-order valence-corrected chi connectivity index (χ0v) is 11.1. The molecular formula is C12H17N5O. The molecule has 0 saturated carbocycles. The Morgan fingerprint density at radius 3 is 2.61 bits per heavy atom. The van der Waals surface area contributed by atoms with Crippen molar-refractivity contribution >= 4 is 5.91 Å². The second-order valence-electron chi connectivity index (χ2n) is 4.40. The fourth-order valence-corrected chi connectivity index (χ4v) is 1.73. The Bertz CT molecular complexity index is 549. The van der Waals surface area contributed by atoms with Gasteiger partial charge in [0.1, 0.15) is 0 Å². The molecule has 0 aliphatic carbocycles. The third kappa shape index (κ3) is 2.27. The summed E-state index contributed by atoms with van der Waals surface area (Å²) in [6.07, 6.45) is 1.72. The van der Waals surface area contributed by atoms with Crippen molar-refractivity contribution in [1.29, 1.82) is 0 Å². The minimum Gasteiger partial charge on any atom is -0.334 e. The molecule has 0 N–H and O–H groups in total. The molecule has 0 fully saturated rings. The average Bonchev–Trinajstić information content (AvgIpc) is 2.86. The van der Waals surface area contributed by atoms with E-state index in [2.05, 4.69) is 10.2 Å². The zero-order chi connectivity index (χ0) is 13.3. The molecule has 0 unspecified atom stereocenters. The summed E-state index contributed by atoms with van der Waals surface area (Å²) >= 11 is 0. The third-order valence-electron chi connectivity index (χ3n) is 3.00. The van der Waals surface area contributed by atoms with Crippen molar-refractivity contribution in [2.45, 2.75) is 13.5 Å². The number of carbonyl (C=O) groups excluding carboxylic acids is 1. The lowest BCUT2D eigenvalue weighted by Crippen LogP contribution is -2.27. The van der Waals surface area contributed by atoms with Crippen molar-refractivity contribution < 1.29 is 4.79 Å². The van der Waals surface area contributed by atoms with Crippen LogP contribution >= 0.6 is 0 Å². The number of hydrogen-bond donors (Lipinski definition) is 0. The highest BCUT2D eigenvalue weighted by Crippen LogP contribution is 2.08. The van der Waals surface area contributed by atoms with Gasteiger partial charge in [-0.3, -0.25) is 14.2 Å². The van der Waals surface area contributed by atoms with Gasteiger partial charge in [-0.2, -0.15) is 10.2 Å². The van der Waals surface area contributed by atoms with Gasteiger partial charge in [-0.25, -0.2) is 0 Å². The molecule has 1 amide bonds. The quantitative estimate of drug-likeness (QED) is 0.803. The van der Waals surface area contributed by atoms with E-state index in [-0.39, 0.29) is 5.91 Å². The number of aromatic nitrogens is 4. The lowest BCUT2D eigenvalue weighted by molar-refractivity contribution is 0.0775. The second kappa shape index (κ2) is 4.64. The smallest absolute Gasteiger partial charge is 0.274 e. The van der Waals surface area contributed by atoms with Gasteiger partial charge in [0.2, 0.25) is 0 Å². The molecule has 0 atom stereocenters. The highest BCUT2D eigenvalue weighted by molar-refractivity contribution is 5.92. The minimum atomic E-state index is -0.0834. The molecule has 18 heavy (non-hydrogen) atoms. The number of hydrogen-bond acceptors (Lipinski definition) is 3. The Morgan fingerprint density at radius 2 is 2.11 bits per heavy atom. The maximum Gasteiger partial charge on any atom is 0.274 e. The van der Waals surface area contributed by atoms with Crippen LogP contribution in [0.2, 0.25) is 0 Å². The summed E-state index contributed by atoms with van der Waals surface area (Å²) in [6.45, 7) is 2.44. The van der Waals surface area contributed by atoms with Crippen LogP contribution in [-0.4, -0.2) is 37.4 Å². The summed E-state index contributed by atoms with van der Waals surface area (Å²) in [5.41, 5.74) is 2.42. The first-order valence-electron chi connectivity index (χ1n) is 5.72. The SMILES string of the molecule is Cc1cc(C(=O)N(C)Cc2ccnn2C)nn1C. The fraction of sp³-hybridized carbons (Fsp3) is 0.417. The number of rotatable bonds is 3. The van der Waals surface area contributed by atoms with E-state index < -0.39 is 0 Å². The number of nitrogens with zero attached hydrogens (tertiary/aromatic N) is 5. The Morgan fingerprint density at radius 1 is 1.39 bits per heavy atom. The zero-order valence-electron chi connectivity index (χ0n) is 11.1. The number of aryl methyl sites for hydroxylation is 3. The van der Waals surface area contributed by atoms with Crippen LogP contribution in [0.15, 0.2) is 18.3 Å². The number of carbonyl (C=O) groups is 1. The monoisotopic (exact) mass is 247 g/mol. The summed E-state index contributed by atoms with van der Waals surface area (Å²) in [7, 11) is 5.45. The van der Waals surface area contributed by atoms with E-state index in [1.807, 2.05) is 27.1 Å². The van der Waals surface area contributed by atoms with E-state index in [1.54, 1.807) is 33.6 Å². The van der Waals surface area contributed by atoms with Crippen LogP contribution in [0.5, 0.6) is 0 Å². The molecule has 0 saturated heterocycles. The van der Waals surface area contributed by atoms with Gasteiger partial charge in [0.25, 0.3) is 5.91 Å². The van der Waals surface area contributed by atoms with Crippen LogP contribution in [0, 0.1) is 6.92 Å². The standard InChI is InChI=1S/C12H17N5O/c1-9-7-11(14-16(9)3)12(18)15(2)8-10-5-6-13-17(10)4/h5-7H,8H2,1-4H3. The summed E-state index contributed by atoms with van der Waals surface area (Å²) in [5.74, 6) is -0.0834. The van der Waals surface area contributed by atoms with Gasteiger partial charge in [0.15, 0.2) is 5.69 Å². The molecule has 96 valence electrons. The lowest BCUT2D eigenvalue weighted by atomic mass is 10.3. The molecule has 6 nitrogen and oxygen atoms in total. The van der Waals surface area contributed by atoms with E-state index in [1.165, 1.54) is 0 Å². The Kier molecular flexibility index (Phi) is 3.18. The van der Waals surface area contributed by atoms with Crippen LogP contribution in [0.1, 0.15) is 21.9 Å². The summed E-state index contributed by atoms with van der Waals surface area (Å²) in [6, 6.07) is 3.69. The summed E-state index contributed by atoms with van der Waals surface area (Å²) in [4.78, 5) is 13.8. The van der Waals surface area contributed by atoms with Crippen molar-refractivity contribution in [1.82, 2.24) is 24.5 Å². The predicted octanol–water partition coefficient (Wildman–Crippen LogP) is 0.734. The first-order valence-corrected chi connectivity index (χ1v) is 5.72. The van der Waals surface area contributed by atoms with Crippen molar-refractivity contribution in [3.05, 3.63) is 35.4 Å². The molecule has 0 bridgehead atoms. The van der Waals surface area contributed by atoms with Crippen LogP contribution in [0.25, 0.3) is 0 Å². The van der Waals surface area contributed by atoms with E-state index in [9.17, 15) is 4.79 Å². The second-order valence-corrected chi connectivity index (χ2v) is 4.40. The van der Waals surface area contributed by atoms with Crippen LogP contribution < -0.4 is 0 Å². The molecule has 6 heteroatoms. The van der Waals surface area contributed by atoms with E-state index in [4.69, 9.17) is 0 Å². The van der Waals surface area contributed by atoms with E-state index in [0.29, 0.717) is 12.2 Å². The van der Waals surface area contributed by atoms with Gasteiger partial charge in [-0.05, 0) is 19.1 Å². The first-order chi connectivity index (χ1) is 8.49. The minimum absolute atomic E-state index is 0.0834. The largest absolute Gasteiger partial charge is 0.334 e. The predicted molar refractivity (Wildman–Crippen MR) is 67.0 cm³/mol. The molecule has 2 aromatic heterocycles. The highest BCUT2D eigenvalue weighted by atomic mass is 16.2. The van der Waals surface area contributed by atoms with Gasteiger partial charge in [-0.15, -0.1) is 0 Å². The van der Waals surface area contributed by atoms with E-state index in [0.717, 1.165) is 11.4 Å². The maximum absolute atomic E-state index is 12.2. The molecule has 2 heterocycles. The third-order valence-corrected chi connectivity index (χ3v) is 3.00. The van der Waals surface area contributed by atoms with Crippen molar-refractivity contribution in [3.63, 3.8) is 0 Å². The van der Waals surface area contributed by atoms with Gasteiger partial charge >= 0.3 is 0 Å². The normalized spacial score (nSPS) is 10.7. The molecule has 0 radical (unpaired) electrons. The van der Waals surface area contributed by atoms with Gasteiger partial charge in [-0.1, -0.05) is 0 Å². The molecule has 0 aliphatic heterocycles. The topological polar surface area (TPSA) is 56.0 Å². The van der Waals surface area contributed by atoms with Gasteiger partial charge in [0, 0.05) is 33.0 Å². The Labute approximate surface area is 106 Å².